The summed E-state index contributed by atoms with van der Waals surface area (Å²) in [5.74, 6) is -0.922. The lowest BCUT2D eigenvalue weighted by atomic mass is 9.98. The van der Waals surface area contributed by atoms with E-state index < -0.39 is 5.97 Å². The number of carbonyl (C=O) groups is 1. The molecule has 0 aromatic heterocycles. The zero-order valence-electron chi connectivity index (χ0n) is 9.65. The van der Waals surface area contributed by atoms with Crippen LogP contribution in [0.2, 0.25) is 0 Å². The summed E-state index contributed by atoms with van der Waals surface area (Å²) >= 11 is 0. The lowest BCUT2D eigenvalue weighted by Crippen LogP contribution is -2.38. The zero-order chi connectivity index (χ0) is 12.3. The molecule has 0 spiro atoms. The number of hydrogen-bond donors (Lipinski definition) is 3. The van der Waals surface area contributed by atoms with Crippen LogP contribution in [-0.2, 0) is 0 Å². The maximum atomic E-state index is 10.7. The molecule has 1 aromatic rings. The van der Waals surface area contributed by atoms with E-state index in [9.17, 15) is 9.90 Å². The smallest absolute Gasteiger partial charge is 0.335 e. The molecule has 0 atom stereocenters. The molecule has 92 valence electrons. The van der Waals surface area contributed by atoms with E-state index in [-0.39, 0.29) is 17.7 Å². The van der Waals surface area contributed by atoms with E-state index >= 15 is 0 Å². The second-order valence-electron chi connectivity index (χ2n) is 4.65. The molecule has 0 aliphatic heterocycles. The molecule has 0 saturated heterocycles. The van der Waals surface area contributed by atoms with Gasteiger partial charge in [0.15, 0.2) is 0 Å². The van der Waals surface area contributed by atoms with Crippen molar-refractivity contribution in [1.29, 1.82) is 0 Å². The lowest BCUT2D eigenvalue weighted by molar-refractivity contribution is 0.0697. The Kier molecular flexibility index (Phi) is 3.33. The first-order valence-corrected chi connectivity index (χ1v) is 5.88. The summed E-state index contributed by atoms with van der Waals surface area (Å²) in [6, 6.07) is 6.65. The van der Waals surface area contributed by atoms with Crippen LogP contribution in [0.25, 0.3) is 0 Å². The zero-order valence-corrected chi connectivity index (χ0v) is 9.65. The van der Waals surface area contributed by atoms with E-state index in [1.165, 1.54) is 0 Å². The fraction of sp³-hybridized carbons (Fsp3) is 0.462. The SMILES string of the molecule is O=C(O)c1ccc(NC2(CO)CCCC2)cc1. The van der Waals surface area contributed by atoms with Crippen LogP contribution in [0, 0.1) is 0 Å². The minimum atomic E-state index is -0.922. The number of hydrogen-bond acceptors (Lipinski definition) is 3. The third-order valence-corrected chi connectivity index (χ3v) is 3.40. The predicted molar refractivity (Wildman–Crippen MR) is 65.3 cm³/mol. The Balaban J connectivity index is 2.10. The average molecular weight is 235 g/mol. The van der Waals surface area contributed by atoms with Crippen LogP contribution in [0.3, 0.4) is 0 Å². The van der Waals surface area contributed by atoms with Gasteiger partial charge in [-0.15, -0.1) is 0 Å². The predicted octanol–water partition coefficient (Wildman–Crippen LogP) is 2.10. The fourth-order valence-electron chi connectivity index (χ4n) is 2.38. The number of aromatic carboxylic acids is 1. The van der Waals surface area contributed by atoms with Crippen LogP contribution >= 0.6 is 0 Å². The summed E-state index contributed by atoms with van der Waals surface area (Å²) in [4.78, 5) is 10.7. The number of carboxylic acids is 1. The number of benzene rings is 1. The summed E-state index contributed by atoms with van der Waals surface area (Å²) < 4.78 is 0. The van der Waals surface area contributed by atoms with E-state index in [0.717, 1.165) is 31.4 Å². The highest BCUT2D eigenvalue weighted by atomic mass is 16.4. The molecule has 1 aliphatic carbocycles. The largest absolute Gasteiger partial charge is 0.478 e. The van der Waals surface area contributed by atoms with Gasteiger partial charge in [0.05, 0.1) is 17.7 Å². The van der Waals surface area contributed by atoms with Crippen LogP contribution in [0.15, 0.2) is 24.3 Å². The van der Waals surface area contributed by atoms with Crippen molar-refractivity contribution in [2.45, 2.75) is 31.2 Å². The Morgan fingerprint density at radius 3 is 2.29 bits per heavy atom. The summed E-state index contributed by atoms with van der Waals surface area (Å²) in [6.45, 7) is 0.119. The maximum absolute atomic E-state index is 10.7. The van der Waals surface area contributed by atoms with Gasteiger partial charge in [-0.1, -0.05) is 12.8 Å². The molecule has 0 bridgehead atoms. The summed E-state index contributed by atoms with van der Waals surface area (Å²) in [5.41, 5.74) is 0.927. The van der Waals surface area contributed by atoms with Gasteiger partial charge in [-0.3, -0.25) is 0 Å². The van der Waals surface area contributed by atoms with Crippen molar-refractivity contribution in [3.8, 4) is 0 Å². The third-order valence-electron chi connectivity index (χ3n) is 3.40. The Bertz CT molecular complexity index is 394. The van der Waals surface area contributed by atoms with Gasteiger partial charge in [0, 0.05) is 5.69 Å². The number of carboxylic acid groups (broad SMARTS) is 1. The van der Waals surface area contributed by atoms with E-state index in [0.29, 0.717) is 0 Å². The van der Waals surface area contributed by atoms with E-state index in [1.54, 1.807) is 24.3 Å². The van der Waals surface area contributed by atoms with Crippen molar-refractivity contribution in [3.05, 3.63) is 29.8 Å². The summed E-state index contributed by atoms with van der Waals surface area (Å²) in [6.07, 6.45) is 4.18. The van der Waals surface area contributed by atoms with Gasteiger partial charge >= 0.3 is 5.97 Å². The number of rotatable bonds is 4. The number of aliphatic hydroxyl groups is 1. The molecular weight excluding hydrogens is 218 g/mol. The van der Waals surface area contributed by atoms with Crippen molar-refractivity contribution in [2.75, 3.05) is 11.9 Å². The van der Waals surface area contributed by atoms with Gasteiger partial charge in [0.25, 0.3) is 0 Å². The quantitative estimate of drug-likeness (QED) is 0.747. The Labute approximate surface area is 100 Å². The highest BCUT2D eigenvalue weighted by Crippen LogP contribution is 2.32. The van der Waals surface area contributed by atoms with Gasteiger partial charge in [-0.25, -0.2) is 4.79 Å². The van der Waals surface area contributed by atoms with E-state index in [1.807, 2.05) is 0 Å². The number of aliphatic hydroxyl groups excluding tert-OH is 1. The molecule has 1 aromatic carbocycles. The van der Waals surface area contributed by atoms with E-state index in [4.69, 9.17) is 5.11 Å². The molecule has 1 saturated carbocycles. The van der Waals surface area contributed by atoms with Gasteiger partial charge in [-0.2, -0.15) is 0 Å². The molecule has 0 amide bonds. The van der Waals surface area contributed by atoms with Crippen LogP contribution in [0.1, 0.15) is 36.0 Å². The van der Waals surface area contributed by atoms with Crippen molar-refractivity contribution in [3.63, 3.8) is 0 Å². The topological polar surface area (TPSA) is 69.6 Å². The van der Waals surface area contributed by atoms with Crippen LogP contribution < -0.4 is 5.32 Å². The Hall–Kier alpha value is -1.55. The van der Waals surface area contributed by atoms with Crippen molar-refractivity contribution >= 4 is 11.7 Å². The molecule has 17 heavy (non-hydrogen) atoms. The second kappa shape index (κ2) is 4.75. The molecule has 0 unspecified atom stereocenters. The maximum Gasteiger partial charge on any atom is 0.335 e. The van der Waals surface area contributed by atoms with Crippen LogP contribution in [0.4, 0.5) is 5.69 Å². The van der Waals surface area contributed by atoms with Crippen LogP contribution in [0.5, 0.6) is 0 Å². The molecule has 2 rings (SSSR count). The van der Waals surface area contributed by atoms with E-state index in [2.05, 4.69) is 5.32 Å². The summed E-state index contributed by atoms with van der Waals surface area (Å²) in [7, 11) is 0. The number of nitrogens with one attached hydrogen (secondary N) is 1. The van der Waals surface area contributed by atoms with Crippen molar-refractivity contribution in [1.82, 2.24) is 0 Å². The third kappa shape index (κ3) is 2.58. The first-order chi connectivity index (χ1) is 8.15. The lowest BCUT2D eigenvalue weighted by Gasteiger charge is -2.29. The Morgan fingerprint density at radius 2 is 1.82 bits per heavy atom. The first-order valence-electron chi connectivity index (χ1n) is 5.88. The second-order valence-corrected chi connectivity index (χ2v) is 4.65. The minimum absolute atomic E-state index is 0.119. The highest BCUT2D eigenvalue weighted by Gasteiger charge is 2.32. The molecule has 0 heterocycles. The molecule has 4 heteroatoms. The van der Waals surface area contributed by atoms with Crippen molar-refractivity contribution < 1.29 is 15.0 Å². The molecule has 1 fully saturated rings. The van der Waals surface area contributed by atoms with Gasteiger partial charge in [0.2, 0.25) is 0 Å². The number of anilines is 1. The summed E-state index contributed by atoms with van der Waals surface area (Å²) in [5, 5.41) is 21.6. The standard InChI is InChI=1S/C13H17NO3/c15-9-13(7-1-2-8-13)14-11-5-3-10(4-6-11)12(16)17/h3-6,14-15H,1-2,7-9H2,(H,16,17). The monoisotopic (exact) mass is 235 g/mol. The molecule has 4 nitrogen and oxygen atoms in total. The van der Waals surface area contributed by atoms with Gasteiger partial charge in [-0.05, 0) is 37.1 Å². The molecule has 3 N–H and O–H groups in total. The Morgan fingerprint density at radius 1 is 1.24 bits per heavy atom. The fourth-order valence-corrected chi connectivity index (χ4v) is 2.38. The first kappa shape index (κ1) is 11.9. The van der Waals surface area contributed by atoms with Crippen molar-refractivity contribution in [2.24, 2.45) is 0 Å². The molecule has 1 aliphatic rings. The molecule has 0 radical (unpaired) electrons. The normalized spacial score (nSPS) is 17.9. The molecular formula is C13H17NO3. The minimum Gasteiger partial charge on any atom is -0.478 e. The highest BCUT2D eigenvalue weighted by molar-refractivity contribution is 5.88. The van der Waals surface area contributed by atoms with Gasteiger partial charge < -0.3 is 15.5 Å². The van der Waals surface area contributed by atoms with Gasteiger partial charge in [0.1, 0.15) is 0 Å². The average Bonchev–Trinajstić information content (AvgIpc) is 2.79. The van der Waals surface area contributed by atoms with Crippen LogP contribution in [-0.4, -0.2) is 28.3 Å².